The van der Waals surface area contributed by atoms with Gasteiger partial charge in [-0.1, -0.05) is 0 Å². The minimum Gasteiger partial charge on any atom is -0.355 e. The number of hydrogen-bond acceptors (Lipinski definition) is 5. The summed E-state index contributed by atoms with van der Waals surface area (Å²) in [5.74, 6) is 1.13. The zero-order chi connectivity index (χ0) is 17.0. The zero-order valence-corrected chi connectivity index (χ0v) is 14.8. The van der Waals surface area contributed by atoms with Crippen LogP contribution in [0.25, 0.3) is 0 Å². The van der Waals surface area contributed by atoms with Crippen LogP contribution in [-0.2, 0) is 20.2 Å². The van der Waals surface area contributed by atoms with E-state index in [9.17, 15) is 13.2 Å². The smallest absolute Gasteiger partial charge is 0.226 e. The number of carbonyl (C=O) groups is 1. The monoisotopic (exact) mass is 352 g/mol. The van der Waals surface area contributed by atoms with Gasteiger partial charge < -0.3 is 5.32 Å². The predicted octanol–water partition coefficient (Wildman–Crippen LogP) is 0.734. The highest BCUT2D eigenvalue weighted by Crippen LogP contribution is 2.64. The highest BCUT2D eigenvalue weighted by atomic mass is 32.2. The first-order chi connectivity index (χ1) is 11.3. The topological polar surface area (TPSA) is 94.0 Å². The Bertz CT molecular complexity index is 729. The van der Waals surface area contributed by atoms with Gasteiger partial charge in [0, 0.05) is 12.8 Å². The summed E-state index contributed by atoms with van der Waals surface area (Å²) in [5.41, 5.74) is -0.456. The van der Waals surface area contributed by atoms with Crippen LogP contribution in [0.15, 0.2) is 12.7 Å². The quantitative estimate of drug-likeness (QED) is 0.843. The largest absolute Gasteiger partial charge is 0.355 e. The molecule has 1 amide bonds. The van der Waals surface area contributed by atoms with Gasteiger partial charge in [0.15, 0.2) is 0 Å². The van der Waals surface area contributed by atoms with E-state index in [1.807, 2.05) is 4.68 Å². The number of nitrogens with one attached hydrogen (secondary N) is 1. The van der Waals surface area contributed by atoms with Crippen molar-refractivity contribution in [2.75, 3.05) is 18.6 Å². The van der Waals surface area contributed by atoms with Gasteiger partial charge in [0.25, 0.3) is 0 Å². The summed E-state index contributed by atoms with van der Waals surface area (Å²) in [5, 5.41) is 7.28. The Kier molecular flexibility index (Phi) is 3.53. The number of carbonyl (C=O) groups excluding carboxylic acids is 1. The van der Waals surface area contributed by atoms with Crippen LogP contribution in [-0.4, -0.2) is 47.6 Å². The van der Waals surface area contributed by atoms with Crippen LogP contribution in [0.4, 0.5) is 0 Å². The third-order valence-electron chi connectivity index (χ3n) is 6.18. The van der Waals surface area contributed by atoms with E-state index in [1.54, 1.807) is 12.7 Å². The van der Waals surface area contributed by atoms with Gasteiger partial charge in [-0.15, -0.1) is 0 Å². The van der Waals surface area contributed by atoms with Gasteiger partial charge in [-0.05, 0) is 50.4 Å². The fraction of sp³-hybridized carbons (Fsp3) is 0.812. The van der Waals surface area contributed by atoms with E-state index in [2.05, 4.69) is 15.4 Å². The van der Waals surface area contributed by atoms with Gasteiger partial charge in [0.2, 0.25) is 5.91 Å². The SMILES string of the molecule is CS(=O)(=O)CCNC(=O)C12C[C@@H]3C[C@@H](C1)CC(n1cncn1)(C3)C2. The van der Waals surface area contributed by atoms with Crippen LogP contribution in [0.2, 0.25) is 0 Å². The van der Waals surface area contributed by atoms with Gasteiger partial charge in [-0.3, -0.25) is 4.79 Å². The first-order valence-corrected chi connectivity index (χ1v) is 10.7. The van der Waals surface area contributed by atoms with Gasteiger partial charge in [-0.25, -0.2) is 18.1 Å². The molecule has 0 aliphatic heterocycles. The Labute approximate surface area is 142 Å². The molecular formula is C16H24N4O3S. The molecule has 132 valence electrons. The van der Waals surface area contributed by atoms with Gasteiger partial charge in [-0.2, -0.15) is 5.10 Å². The normalized spacial score (nSPS) is 37.5. The first kappa shape index (κ1) is 16.1. The van der Waals surface area contributed by atoms with E-state index < -0.39 is 9.84 Å². The average molecular weight is 352 g/mol. The predicted molar refractivity (Wildman–Crippen MR) is 87.8 cm³/mol. The Morgan fingerprint density at radius 3 is 2.58 bits per heavy atom. The number of hydrogen-bond donors (Lipinski definition) is 1. The summed E-state index contributed by atoms with van der Waals surface area (Å²) in [7, 11) is -3.06. The molecule has 4 aliphatic rings. The van der Waals surface area contributed by atoms with Gasteiger partial charge in [0.05, 0.1) is 16.7 Å². The molecule has 4 saturated carbocycles. The summed E-state index contributed by atoms with van der Waals surface area (Å²) in [4.78, 5) is 17.1. The third-order valence-corrected chi connectivity index (χ3v) is 7.12. The second kappa shape index (κ2) is 5.28. The Balaban J connectivity index is 1.56. The lowest BCUT2D eigenvalue weighted by Gasteiger charge is -2.60. The van der Waals surface area contributed by atoms with Gasteiger partial charge >= 0.3 is 0 Å². The Morgan fingerprint density at radius 2 is 2.00 bits per heavy atom. The molecule has 0 radical (unpaired) electrons. The van der Waals surface area contributed by atoms with Crippen molar-refractivity contribution >= 4 is 15.7 Å². The van der Waals surface area contributed by atoms with E-state index in [4.69, 9.17) is 0 Å². The van der Waals surface area contributed by atoms with Crippen LogP contribution in [0.5, 0.6) is 0 Å². The van der Waals surface area contributed by atoms with E-state index in [-0.39, 0.29) is 29.2 Å². The number of nitrogens with zero attached hydrogens (tertiary/aromatic N) is 3. The van der Waals surface area contributed by atoms with Crippen molar-refractivity contribution in [3.63, 3.8) is 0 Å². The maximum atomic E-state index is 12.9. The molecule has 8 heteroatoms. The van der Waals surface area contributed by atoms with Crippen LogP contribution < -0.4 is 5.32 Å². The summed E-state index contributed by atoms with van der Waals surface area (Å²) in [6.07, 6.45) is 10.5. The second-order valence-corrected chi connectivity index (χ2v) is 10.5. The summed E-state index contributed by atoms with van der Waals surface area (Å²) in [6.45, 7) is 0.199. The van der Waals surface area contributed by atoms with E-state index in [1.165, 1.54) is 12.7 Å². The lowest BCUT2D eigenvalue weighted by atomic mass is 9.46. The molecule has 24 heavy (non-hydrogen) atoms. The highest BCUT2D eigenvalue weighted by Gasteiger charge is 2.61. The van der Waals surface area contributed by atoms with Crippen LogP contribution in [0.3, 0.4) is 0 Å². The zero-order valence-electron chi connectivity index (χ0n) is 13.9. The highest BCUT2D eigenvalue weighted by molar-refractivity contribution is 7.90. The summed E-state index contributed by atoms with van der Waals surface area (Å²) < 4.78 is 24.6. The van der Waals surface area contributed by atoms with Crippen molar-refractivity contribution in [3.8, 4) is 0 Å². The maximum Gasteiger partial charge on any atom is 0.226 e. The van der Waals surface area contributed by atoms with E-state index >= 15 is 0 Å². The molecule has 4 fully saturated rings. The minimum absolute atomic E-state index is 0.00407. The van der Waals surface area contributed by atoms with Crippen molar-refractivity contribution in [1.82, 2.24) is 20.1 Å². The molecule has 0 aromatic carbocycles. The molecule has 4 bridgehead atoms. The molecule has 0 unspecified atom stereocenters. The van der Waals surface area contributed by atoms with Crippen LogP contribution in [0, 0.1) is 17.3 Å². The van der Waals surface area contributed by atoms with E-state index in [0.29, 0.717) is 11.8 Å². The van der Waals surface area contributed by atoms with Crippen molar-refractivity contribution in [2.24, 2.45) is 17.3 Å². The van der Waals surface area contributed by atoms with Crippen LogP contribution in [0.1, 0.15) is 38.5 Å². The number of amides is 1. The first-order valence-electron chi connectivity index (χ1n) is 8.62. The Morgan fingerprint density at radius 1 is 1.29 bits per heavy atom. The standard InChI is InChI=1S/C16H24N4O3S/c1-24(22,23)3-2-18-14(21)15-5-12-4-13(6-15)8-16(7-12,9-15)20-11-17-10-19-20/h10-13H,2-9H2,1H3,(H,18,21)/t12-,13-,15?,16?/m0/s1. The van der Waals surface area contributed by atoms with E-state index in [0.717, 1.165) is 32.1 Å². The molecule has 0 saturated heterocycles. The molecule has 1 aromatic heterocycles. The maximum absolute atomic E-state index is 12.9. The van der Waals surface area contributed by atoms with Crippen molar-refractivity contribution in [1.29, 1.82) is 0 Å². The lowest BCUT2D eigenvalue weighted by molar-refractivity contribution is -0.155. The third kappa shape index (κ3) is 2.64. The number of sulfone groups is 1. The molecule has 1 heterocycles. The minimum atomic E-state index is -3.06. The van der Waals surface area contributed by atoms with Crippen molar-refractivity contribution in [2.45, 2.75) is 44.1 Å². The average Bonchev–Trinajstić information content (AvgIpc) is 2.99. The second-order valence-electron chi connectivity index (χ2n) is 8.19. The Hall–Kier alpha value is -1.44. The molecule has 7 nitrogen and oxygen atoms in total. The van der Waals surface area contributed by atoms with Crippen LogP contribution >= 0.6 is 0 Å². The molecule has 2 atom stereocenters. The summed E-state index contributed by atoms with van der Waals surface area (Å²) in [6, 6.07) is 0. The van der Waals surface area contributed by atoms with Gasteiger partial charge in [0.1, 0.15) is 22.5 Å². The summed E-state index contributed by atoms with van der Waals surface area (Å²) >= 11 is 0. The fourth-order valence-electron chi connectivity index (χ4n) is 5.74. The molecule has 1 N–H and O–H groups in total. The molecule has 1 aromatic rings. The lowest BCUT2D eigenvalue weighted by Crippen LogP contribution is -2.61. The van der Waals surface area contributed by atoms with Crippen molar-refractivity contribution in [3.05, 3.63) is 12.7 Å². The molecular weight excluding hydrogens is 328 g/mol. The van der Waals surface area contributed by atoms with Crippen molar-refractivity contribution < 1.29 is 13.2 Å². The number of aromatic nitrogens is 3. The molecule has 4 aliphatic carbocycles. The molecule has 0 spiro atoms. The molecule has 5 rings (SSSR count). The fourth-order valence-corrected chi connectivity index (χ4v) is 6.21. The number of rotatable bonds is 5.